The maximum absolute atomic E-state index is 11.6. The van der Waals surface area contributed by atoms with Crippen LogP contribution >= 0.6 is 23.2 Å². The first kappa shape index (κ1) is 16.2. The number of ether oxygens (including phenoxy) is 2. The van der Waals surface area contributed by atoms with Gasteiger partial charge < -0.3 is 15.2 Å². The van der Waals surface area contributed by atoms with E-state index >= 15 is 0 Å². The summed E-state index contributed by atoms with van der Waals surface area (Å²) in [5.74, 6) is -0.537. The van der Waals surface area contributed by atoms with Gasteiger partial charge in [0.2, 0.25) is 0 Å². The van der Waals surface area contributed by atoms with Crippen molar-refractivity contribution >= 4 is 29.2 Å². The first-order valence-electron chi connectivity index (χ1n) is 5.74. The van der Waals surface area contributed by atoms with Gasteiger partial charge in [0.05, 0.1) is 12.7 Å². The number of hydrogen-bond acceptors (Lipinski definition) is 5. The molecule has 0 aromatic carbocycles. The first-order chi connectivity index (χ1) is 8.88. The van der Waals surface area contributed by atoms with Crippen molar-refractivity contribution in [1.82, 2.24) is 4.98 Å². The number of carbonyl (C=O) groups excluding carboxylic acids is 1. The van der Waals surface area contributed by atoms with Crippen molar-refractivity contribution in [2.75, 3.05) is 6.61 Å². The number of rotatable bonds is 6. The maximum atomic E-state index is 11.6. The van der Waals surface area contributed by atoms with E-state index in [2.05, 4.69) is 4.98 Å². The number of nitrogens with two attached hydrogens (primary N) is 1. The zero-order chi connectivity index (χ0) is 14.4. The molecule has 0 aliphatic carbocycles. The molecule has 0 aliphatic heterocycles. The van der Waals surface area contributed by atoms with Crippen LogP contribution in [0, 0.1) is 0 Å². The maximum Gasteiger partial charge on any atom is 0.325 e. The third kappa shape index (κ3) is 6.20. The average molecular weight is 307 g/mol. The van der Waals surface area contributed by atoms with Gasteiger partial charge in [-0.05, 0) is 31.5 Å². The summed E-state index contributed by atoms with van der Waals surface area (Å²) in [6, 6.07) is 2.32. The molecule has 0 aliphatic rings. The fourth-order valence-corrected chi connectivity index (χ4v) is 1.73. The number of hydrogen-bond donors (Lipinski definition) is 1. The molecule has 0 bridgehead atoms. The average Bonchev–Trinajstić information content (AvgIpc) is 2.31. The molecule has 106 valence electrons. The Bertz CT molecular complexity index is 421. The van der Waals surface area contributed by atoms with Gasteiger partial charge in [0.15, 0.2) is 0 Å². The van der Waals surface area contributed by atoms with E-state index in [0.29, 0.717) is 5.56 Å². The van der Waals surface area contributed by atoms with Gasteiger partial charge in [-0.25, -0.2) is 4.98 Å². The molecule has 0 amide bonds. The molecule has 19 heavy (non-hydrogen) atoms. The van der Waals surface area contributed by atoms with Gasteiger partial charge in [0.1, 0.15) is 23.0 Å². The minimum atomic E-state index is -0.810. The highest BCUT2D eigenvalue weighted by Crippen LogP contribution is 2.15. The first-order valence-corrected chi connectivity index (χ1v) is 6.50. The molecule has 5 nitrogen and oxygen atoms in total. The number of pyridine rings is 1. The summed E-state index contributed by atoms with van der Waals surface area (Å²) in [7, 11) is 0. The summed E-state index contributed by atoms with van der Waals surface area (Å²) in [6.07, 6.45) is 0.0108. The lowest BCUT2D eigenvalue weighted by molar-refractivity contribution is -0.148. The fourth-order valence-electron chi connectivity index (χ4n) is 1.22. The summed E-state index contributed by atoms with van der Waals surface area (Å²) in [5.41, 5.74) is 6.27. The molecule has 0 fully saturated rings. The van der Waals surface area contributed by atoms with E-state index in [1.807, 2.05) is 13.8 Å². The van der Waals surface area contributed by atoms with Crippen molar-refractivity contribution in [2.24, 2.45) is 5.73 Å². The molecule has 0 unspecified atom stereocenters. The molecular formula is C12H16Cl2N2O3. The highest BCUT2D eigenvalue weighted by atomic mass is 35.5. The lowest BCUT2D eigenvalue weighted by atomic mass is 10.3. The molecule has 0 saturated heterocycles. The normalized spacial score (nSPS) is 12.5. The molecule has 0 radical (unpaired) electrons. The number of nitrogens with zero attached hydrogens (tertiary/aromatic N) is 1. The summed E-state index contributed by atoms with van der Waals surface area (Å²) in [6.45, 7) is 3.88. The number of carbonyl (C=O) groups is 1. The molecule has 2 N–H and O–H groups in total. The van der Waals surface area contributed by atoms with Crippen LogP contribution in [0.5, 0.6) is 0 Å². The third-order valence-corrected chi connectivity index (χ3v) is 2.50. The molecule has 0 spiro atoms. The van der Waals surface area contributed by atoms with Crippen LogP contribution in [-0.2, 0) is 20.9 Å². The van der Waals surface area contributed by atoms with Crippen LogP contribution in [0.4, 0.5) is 0 Å². The summed E-state index contributed by atoms with van der Waals surface area (Å²) >= 11 is 11.5. The van der Waals surface area contributed by atoms with Crippen molar-refractivity contribution < 1.29 is 14.3 Å². The third-order valence-electron chi connectivity index (χ3n) is 2.12. The van der Waals surface area contributed by atoms with Crippen molar-refractivity contribution in [3.63, 3.8) is 0 Å². The molecule has 1 heterocycles. The number of aromatic nitrogens is 1. The molecule has 1 atom stereocenters. The molecule has 0 saturated carbocycles. The van der Waals surface area contributed by atoms with Gasteiger partial charge in [-0.3, -0.25) is 4.79 Å². The lowest BCUT2D eigenvalue weighted by Gasteiger charge is -2.13. The Morgan fingerprint density at radius 3 is 2.47 bits per heavy atom. The molecular weight excluding hydrogens is 291 g/mol. The zero-order valence-corrected chi connectivity index (χ0v) is 12.2. The van der Waals surface area contributed by atoms with E-state index in [1.54, 1.807) is 12.1 Å². The van der Waals surface area contributed by atoms with Crippen LogP contribution in [0.3, 0.4) is 0 Å². The van der Waals surface area contributed by atoms with E-state index in [-0.39, 0.29) is 29.6 Å². The fraction of sp³-hybridized carbons (Fsp3) is 0.500. The minimum Gasteiger partial charge on any atom is -0.460 e. The van der Waals surface area contributed by atoms with Gasteiger partial charge in [0.25, 0.3) is 0 Å². The Kier molecular flexibility index (Phi) is 6.51. The standard InChI is InChI=1S/C12H16Cl2N2O3/c1-7(2)18-6-9(15)12(17)19-5-8-3-10(13)16-11(14)4-8/h3-4,7,9H,5-6,15H2,1-2H3/t9-/m0/s1. The van der Waals surface area contributed by atoms with Gasteiger partial charge >= 0.3 is 5.97 Å². The highest BCUT2D eigenvalue weighted by molar-refractivity contribution is 6.32. The van der Waals surface area contributed by atoms with Crippen molar-refractivity contribution in [3.05, 3.63) is 28.0 Å². The van der Waals surface area contributed by atoms with Crippen LogP contribution in [0.1, 0.15) is 19.4 Å². The highest BCUT2D eigenvalue weighted by Gasteiger charge is 2.16. The van der Waals surface area contributed by atoms with Crippen LogP contribution < -0.4 is 5.73 Å². The van der Waals surface area contributed by atoms with Crippen molar-refractivity contribution in [2.45, 2.75) is 32.6 Å². The van der Waals surface area contributed by atoms with Crippen LogP contribution in [0.15, 0.2) is 12.1 Å². The Labute approximate surface area is 122 Å². The smallest absolute Gasteiger partial charge is 0.325 e. The number of esters is 1. The summed E-state index contributed by atoms with van der Waals surface area (Å²) in [4.78, 5) is 15.4. The zero-order valence-electron chi connectivity index (χ0n) is 10.7. The van der Waals surface area contributed by atoms with Gasteiger partial charge in [-0.15, -0.1) is 0 Å². The quantitative estimate of drug-likeness (QED) is 0.644. The minimum absolute atomic E-state index is 0.0108. The van der Waals surface area contributed by atoms with E-state index < -0.39 is 12.0 Å². The second kappa shape index (κ2) is 7.65. The largest absolute Gasteiger partial charge is 0.460 e. The van der Waals surface area contributed by atoms with E-state index in [4.69, 9.17) is 38.4 Å². The van der Waals surface area contributed by atoms with Crippen molar-refractivity contribution in [1.29, 1.82) is 0 Å². The Morgan fingerprint density at radius 2 is 1.95 bits per heavy atom. The van der Waals surface area contributed by atoms with Crippen molar-refractivity contribution in [3.8, 4) is 0 Å². The summed E-state index contributed by atoms with van der Waals surface area (Å²) < 4.78 is 10.3. The molecule has 1 aromatic rings. The topological polar surface area (TPSA) is 74.4 Å². The molecule has 1 aromatic heterocycles. The predicted octanol–water partition coefficient (Wildman–Crippen LogP) is 2.18. The number of halogens is 2. The van der Waals surface area contributed by atoms with Crippen LogP contribution in [0.25, 0.3) is 0 Å². The van der Waals surface area contributed by atoms with E-state index in [1.165, 1.54) is 0 Å². The second-order valence-corrected chi connectivity index (χ2v) is 4.99. The van der Waals surface area contributed by atoms with Crippen LogP contribution in [-0.4, -0.2) is 29.7 Å². The Balaban J connectivity index is 2.45. The molecule has 1 rings (SSSR count). The van der Waals surface area contributed by atoms with Gasteiger partial charge in [0, 0.05) is 0 Å². The lowest BCUT2D eigenvalue weighted by Crippen LogP contribution is -2.37. The molecule has 7 heteroatoms. The van der Waals surface area contributed by atoms with E-state index in [0.717, 1.165) is 0 Å². The van der Waals surface area contributed by atoms with Gasteiger partial charge in [-0.1, -0.05) is 23.2 Å². The SMILES string of the molecule is CC(C)OC[C@H](N)C(=O)OCc1cc(Cl)nc(Cl)c1. The monoisotopic (exact) mass is 306 g/mol. The Hall–Kier alpha value is -0.880. The predicted molar refractivity (Wildman–Crippen MR) is 73.1 cm³/mol. The van der Waals surface area contributed by atoms with E-state index in [9.17, 15) is 4.79 Å². The van der Waals surface area contributed by atoms with Gasteiger partial charge in [-0.2, -0.15) is 0 Å². The Morgan fingerprint density at radius 1 is 1.37 bits per heavy atom. The second-order valence-electron chi connectivity index (χ2n) is 4.22. The summed E-state index contributed by atoms with van der Waals surface area (Å²) in [5, 5.41) is 0.483. The van der Waals surface area contributed by atoms with Crippen LogP contribution in [0.2, 0.25) is 10.3 Å².